The van der Waals surface area contributed by atoms with Gasteiger partial charge in [0, 0.05) is 24.0 Å². The molecule has 0 heterocycles. The zero-order valence-corrected chi connectivity index (χ0v) is 14.6. The lowest BCUT2D eigenvalue weighted by molar-refractivity contribution is -0.120. The topological polar surface area (TPSA) is 64.3 Å². The molecule has 1 unspecified atom stereocenters. The average molecular weight is 357 g/mol. The Morgan fingerprint density at radius 1 is 1.48 bits per heavy atom. The van der Waals surface area contributed by atoms with Crippen LogP contribution in [0.15, 0.2) is 16.6 Å². The van der Waals surface area contributed by atoms with Gasteiger partial charge in [0.1, 0.15) is 5.75 Å². The molecule has 1 aromatic carbocycles. The molecule has 0 aliphatic carbocycles. The smallest absolute Gasteiger partial charge is 0.219 e. The van der Waals surface area contributed by atoms with Crippen molar-refractivity contribution in [3.05, 3.63) is 27.7 Å². The number of hydrogen-bond acceptors (Lipinski definition) is 3. The van der Waals surface area contributed by atoms with E-state index in [4.69, 9.17) is 10.5 Å². The van der Waals surface area contributed by atoms with Gasteiger partial charge in [-0.25, -0.2) is 0 Å². The number of amides is 1. The van der Waals surface area contributed by atoms with Gasteiger partial charge in [-0.1, -0.05) is 22.9 Å². The normalized spacial score (nSPS) is 12.0. The molecule has 1 aromatic rings. The molecule has 0 bridgehead atoms. The van der Waals surface area contributed by atoms with Crippen LogP contribution in [0, 0.1) is 6.92 Å². The van der Waals surface area contributed by atoms with E-state index in [1.54, 1.807) is 7.05 Å². The fourth-order valence-corrected chi connectivity index (χ4v) is 2.74. The van der Waals surface area contributed by atoms with E-state index in [-0.39, 0.29) is 11.9 Å². The summed E-state index contributed by atoms with van der Waals surface area (Å²) in [6.45, 7) is 4.64. The number of nitrogens with one attached hydrogen (secondary N) is 1. The van der Waals surface area contributed by atoms with E-state index < -0.39 is 0 Å². The molecule has 0 saturated heterocycles. The molecular weight excluding hydrogens is 332 g/mol. The van der Waals surface area contributed by atoms with Crippen LogP contribution in [0.2, 0.25) is 0 Å². The van der Waals surface area contributed by atoms with Crippen LogP contribution in [-0.2, 0) is 11.2 Å². The van der Waals surface area contributed by atoms with Gasteiger partial charge < -0.3 is 15.8 Å². The second-order valence-corrected chi connectivity index (χ2v) is 6.12. The minimum absolute atomic E-state index is 0.0411. The van der Waals surface area contributed by atoms with Crippen molar-refractivity contribution in [3.8, 4) is 5.75 Å². The number of ether oxygens (including phenoxy) is 1. The monoisotopic (exact) mass is 356 g/mol. The van der Waals surface area contributed by atoms with E-state index in [9.17, 15) is 4.79 Å². The van der Waals surface area contributed by atoms with Gasteiger partial charge in [0.2, 0.25) is 5.91 Å². The Labute approximate surface area is 135 Å². The van der Waals surface area contributed by atoms with Gasteiger partial charge in [0.15, 0.2) is 0 Å². The van der Waals surface area contributed by atoms with Crippen molar-refractivity contribution in [1.29, 1.82) is 0 Å². The van der Waals surface area contributed by atoms with E-state index in [2.05, 4.69) is 34.2 Å². The van der Waals surface area contributed by atoms with E-state index in [0.29, 0.717) is 19.4 Å². The van der Waals surface area contributed by atoms with Crippen molar-refractivity contribution >= 4 is 21.8 Å². The fourth-order valence-electron chi connectivity index (χ4n) is 2.12. The van der Waals surface area contributed by atoms with Crippen LogP contribution in [0.1, 0.15) is 37.3 Å². The molecule has 4 nitrogen and oxygen atoms in total. The Balaban J connectivity index is 2.72. The van der Waals surface area contributed by atoms with Crippen LogP contribution in [0.3, 0.4) is 0 Å². The van der Waals surface area contributed by atoms with Crippen LogP contribution in [0.4, 0.5) is 0 Å². The lowest BCUT2D eigenvalue weighted by Gasteiger charge is -2.17. The summed E-state index contributed by atoms with van der Waals surface area (Å²) < 4.78 is 6.94. The van der Waals surface area contributed by atoms with Crippen LogP contribution < -0.4 is 15.8 Å². The third kappa shape index (κ3) is 6.06. The van der Waals surface area contributed by atoms with E-state index in [1.807, 2.05) is 13.0 Å². The Morgan fingerprint density at radius 3 is 2.81 bits per heavy atom. The van der Waals surface area contributed by atoms with Crippen molar-refractivity contribution in [2.75, 3.05) is 13.7 Å². The Bertz CT molecular complexity index is 478. The number of nitrogens with two attached hydrogens (primary N) is 1. The highest BCUT2D eigenvalue weighted by Gasteiger charge is 2.12. The third-order valence-electron chi connectivity index (χ3n) is 3.40. The molecule has 1 rings (SSSR count). The first kappa shape index (κ1) is 18.0. The lowest BCUT2D eigenvalue weighted by Crippen LogP contribution is -2.22. The predicted molar refractivity (Wildman–Crippen MR) is 89.6 cm³/mol. The third-order valence-corrected chi connectivity index (χ3v) is 3.85. The maximum Gasteiger partial charge on any atom is 0.219 e. The Morgan fingerprint density at radius 2 is 2.19 bits per heavy atom. The molecule has 0 spiro atoms. The van der Waals surface area contributed by atoms with Crippen LogP contribution >= 0.6 is 15.9 Å². The van der Waals surface area contributed by atoms with Gasteiger partial charge in [-0.2, -0.15) is 0 Å². The molecule has 3 N–H and O–H groups in total. The maximum absolute atomic E-state index is 11.2. The molecular formula is C16H25BrN2O2. The number of hydrogen-bond donors (Lipinski definition) is 2. The number of benzene rings is 1. The largest absolute Gasteiger partial charge is 0.493 e. The number of carbonyl (C=O) groups excluding carboxylic acids is 1. The number of rotatable bonds is 8. The second kappa shape index (κ2) is 9.05. The molecule has 21 heavy (non-hydrogen) atoms. The van der Waals surface area contributed by atoms with Crippen LogP contribution in [0.5, 0.6) is 5.75 Å². The van der Waals surface area contributed by atoms with Crippen molar-refractivity contribution in [2.24, 2.45) is 5.73 Å². The minimum Gasteiger partial charge on any atom is -0.493 e. The van der Waals surface area contributed by atoms with Crippen LogP contribution in [-0.4, -0.2) is 25.6 Å². The summed E-state index contributed by atoms with van der Waals surface area (Å²) in [5, 5.41) is 2.61. The SMILES string of the molecule is CCC(N)Cc1cc(Br)cc(C)c1OCCCC(=O)NC. The van der Waals surface area contributed by atoms with Crippen molar-refractivity contribution in [2.45, 2.75) is 45.6 Å². The molecule has 0 radical (unpaired) electrons. The van der Waals surface area contributed by atoms with Gasteiger partial charge >= 0.3 is 0 Å². The molecule has 5 heteroatoms. The summed E-state index contributed by atoms with van der Waals surface area (Å²) in [6, 6.07) is 4.23. The Kier molecular flexibility index (Phi) is 7.75. The quantitative estimate of drug-likeness (QED) is 0.703. The standard InChI is InChI=1S/C16H25BrN2O2/c1-4-14(18)10-12-9-13(17)8-11(2)16(12)21-7-5-6-15(20)19-3/h8-9,14H,4-7,10,18H2,1-3H3,(H,19,20). The fraction of sp³-hybridized carbons (Fsp3) is 0.562. The number of carbonyl (C=O) groups is 1. The van der Waals surface area contributed by atoms with Gasteiger partial charge in [0.05, 0.1) is 6.61 Å². The number of halogens is 1. The van der Waals surface area contributed by atoms with E-state index >= 15 is 0 Å². The summed E-state index contributed by atoms with van der Waals surface area (Å²) in [4.78, 5) is 11.2. The molecule has 1 atom stereocenters. The van der Waals surface area contributed by atoms with Crippen molar-refractivity contribution in [1.82, 2.24) is 5.32 Å². The molecule has 1 amide bonds. The zero-order chi connectivity index (χ0) is 15.8. The number of aryl methyl sites for hydroxylation is 1. The first-order valence-electron chi connectivity index (χ1n) is 7.35. The highest BCUT2D eigenvalue weighted by Crippen LogP contribution is 2.29. The van der Waals surface area contributed by atoms with Crippen molar-refractivity contribution in [3.63, 3.8) is 0 Å². The van der Waals surface area contributed by atoms with Gasteiger partial charge in [-0.15, -0.1) is 0 Å². The van der Waals surface area contributed by atoms with Gasteiger partial charge in [-0.3, -0.25) is 4.79 Å². The minimum atomic E-state index is 0.0411. The summed E-state index contributed by atoms with van der Waals surface area (Å²) in [7, 11) is 1.65. The van der Waals surface area contributed by atoms with Gasteiger partial charge in [-0.05, 0) is 49.4 Å². The predicted octanol–water partition coefficient (Wildman–Crippen LogP) is 2.94. The van der Waals surface area contributed by atoms with E-state index in [1.165, 1.54) is 0 Å². The Hall–Kier alpha value is -1.07. The second-order valence-electron chi connectivity index (χ2n) is 5.21. The summed E-state index contributed by atoms with van der Waals surface area (Å²) in [5.41, 5.74) is 8.27. The summed E-state index contributed by atoms with van der Waals surface area (Å²) in [5.74, 6) is 0.943. The molecule has 0 aliphatic rings. The molecule has 118 valence electrons. The first-order chi connectivity index (χ1) is 9.97. The highest BCUT2D eigenvalue weighted by molar-refractivity contribution is 9.10. The van der Waals surface area contributed by atoms with Crippen molar-refractivity contribution < 1.29 is 9.53 Å². The zero-order valence-electron chi connectivity index (χ0n) is 13.0. The summed E-state index contributed by atoms with van der Waals surface area (Å²) >= 11 is 3.52. The molecule has 0 aliphatic heterocycles. The highest BCUT2D eigenvalue weighted by atomic mass is 79.9. The molecule has 0 fully saturated rings. The lowest BCUT2D eigenvalue weighted by atomic mass is 10.0. The maximum atomic E-state index is 11.2. The summed E-state index contributed by atoms with van der Waals surface area (Å²) in [6.07, 6.45) is 2.91. The molecule has 0 saturated carbocycles. The van der Waals surface area contributed by atoms with Gasteiger partial charge in [0.25, 0.3) is 0 Å². The van der Waals surface area contributed by atoms with E-state index in [0.717, 1.165) is 34.2 Å². The average Bonchev–Trinajstić information content (AvgIpc) is 2.44. The molecule has 0 aromatic heterocycles. The first-order valence-corrected chi connectivity index (χ1v) is 8.15. The van der Waals surface area contributed by atoms with Crippen LogP contribution in [0.25, 0.3) is 0 Å².